The number of rotatable bonds is 2. The van der Waals surface area contributed by atoms with Crippen LogP contribution in [0.25, 0.3) is 10.9 Å². The maximum absolute atomic E-state index is 13.4. The summed E-state index contributed by atoms with van der Waals surface area (Å²) in [5.41, 5.74) is 2.61. The summed E-state index contributed by atoms with van der Waals surface area (Å²) in [6.45, 7) is 1.47. The molecule has 0 aliphatic carbocycles. The van der Waals surface area contributed by atoms with E-state index in [0.29, 0.717) is 6.54 Å². The number of aromatic nitrogens is 2. The molecule has 2 saturated heterocycles. The van der Waals surface area contributed by atoms with Crippen molar-refractivity contribution in [1.82, 2.24) is 15.1 Å². The van der Waals surface area contributed by atoms with Crippen molar-refractivity contribution in [2.75, 3.05) is 13.2 Å². The maximum Gasteiger partial charge on any atom is 0.254 e. The number of fused-ring (bicyclic) bond motifs is 3. The quantitative estimate of drug-likeness (QED) is 0.754. The molecule has 2 atom stereocenters. The number of aromatic amines is 1. The van der Waals surface area contributed by atoms with Crippen molar-refractivity contribution in [1.29, 1.82) is 0 Å². The molecule has 138 valence electrons. The first kappa shape index (κ1) is 16.5. The highest BCUT2D eigenvalue weighted by Gasteiger charge is 2.45. The van der Waals surface area contributed by atoms with E-state index >= 15 is 0 Å². The van der Waals surface area contributed by atoms with Crippen LogP contribution in [0.3, 0.4) is 0 Å². The van der Waals surface area contributed by atoms with E-state index in [-0.39, 0.29) is 17.6 Å². The van der Waals surface area contributed by atoms with Crippen LogP contribution in [0.2, 0.25) is 0 Å². The van der Waals surface area contributed by atoms with Gasteiger partial charge in [-0.2, -0.15) is 5.10 Å². The summed E-state index contributed by atoms with van der Waals surface area (Å²) in [6, 6.07) is 16.5. The van der Waals surface area contributed by atoms with E-state index in [4.69, 9.17) is 4.74 Å². The molecule has 1 unspecified atom stereocenters. The minimum Gasteiger partial charge on any atom is -0.370 e. The Labute approximate surface area is 158 Å². The van der Waals surface area contributed by atoms with Gasteiger partial charge in [-0.1, -0.05) is 36.4 Å². The third-order valence-electron chi connectivity index (χ3n) is 6.10. The average Bonchev–Trinajstić information content (AvgIpc) is 3.14. The van der Waals surface area contributed by atoms with Crippen LogP contribution in [0.15, 0.2) is 54.7 Å². The number of nitrogens with zero attached hydrogens (tertiary/aromatic N) is 2. The van der Waals surface area contributed by atoms with Crippen LogP contribution in [0.4, 0.5) is 0 Å². The Hall–Kier alpha value is -2.66. The van der Waals surface area contributed by atoms with Crippen LogP contribution >= 0.6 is 0 Å². The Bertz CT molecular complexity index is 968. The van der Waals surface area contributed by atoms with Gasteiger partial charge in [-0.15, -0.1) is 0 Å². The van der Waals surface area contributed by atoms with Gasteiger partial charge < -0.3 is 9.64 Å². The van der Waals surface area contributed by atoms with Crippen LogP contribution in [0, 0.1) is 0 Å². The smallest absolute Gasteiger partial charge is 0.254 e. The van der Waals surface area contributed by atoms with E-state index in [0.717, 1.165) is 48.8 Å². The molecule has 0 saturated carbocycles. The predicted octanol–water partition coefficient (Wildman–Crippen LogP) is 3.87. The minimum atomic E-state index is -0.263. The largest absolute Gasteiger partial charge is 0.370 e. The topological polar surface area (TPSA) is 58.2 Å². The third-order valence-corrected chi connectivity index (χ3v) is 6.10. The molecule has 3 aromatic rings. The fourth-order valence-corrected chi connectivity index (χ4v) is 4.72. The van der Waals surface area contributed by atoms with Gasteiger partial charge in [-0.3, -0.25) is 9.89 Å². The molecule has 1 N–H and O–H groups in total. The first-order chi connectivity index (χ1) is 13.3. The SMILES string of the molecule is O=C(c1cccc2[nH]ncc12)N1CCC2(c3ccccc3)C[C@@H]1CCCO2. The lowest BCUT2D eigenvalue weighted by Gasteiger charge is -2.45. The zero-order valence-electron chi connectivity index (χ0n) is 15.2. The van der Waals surface area contributed by atoms with E-state index < -0.39 is 0 Å². The highest BCUT2D eigenvalue weighted by molar-refractivity contribution is 6.06. The van der Waals surface area contributed by atoms with Crippen LogP contribution in [0.5, 0.6) is 0 Å². The number of ether oxygens (including phenoxy) is 1. The molecule has 2 aliphatic heterocycles. The van der Waals surface area contributed by atoms with Gasteiger partial charge in [0, 0.05) is 31.0 Å². The normalized spacial score (nSPS) is 25.3. The number of carbonyl (C=O) groups is 1. The van der Waals surface area contributed by atoms with Crippen molar-refractivity contribution in [2.24, 2.45) is 0 Å². The Kier molecular flexibility index (Phi) is 3.97. The fourth-order valence-electron chi connectivity index (χ4n) is 4.72. The number of hydrogen-bond donors (Lipinski definition) is 1. The van der Waals surface area contributed by atoms with Gasteiger partial charge in [-0.25, -0.2) is 0 Å². The molecular formula is C22H23N3O2. The summed E-state index contributed by atoms with van der Waals surface area (Å²) in [7, 11) is 0. The number of piperidine rings is 1. The molecule has 2 bridgehead atoms. The molecular weight excluding hydrogens is 338 g/mol. The number of nitrogens with one attached hydrogen (secondary N) is 1. The van der Waals surface area contributed by atoms with E-state index in [1.807, 2.05) is 24.3 Å². The highest BCUT2D eigenvalue weighted by atomic mass is 16.5. The number of likely N-dealkylation sites (tertiary alicyclic amines) is 1. The lowest BCUT2D eigenvalue weighted by molar-refractivity contribution is -0.0831. The average molecular weight is 361 g/mol. The second-order valence-electron chi connectivity index (χ2n) is 7.59. The molecule has 1 amide bonds. The lowest BCUT2D eigenvalue weighted by Crippen LogP contribution is -2.51. The Balaban J connectivity index is 1.48. The summed E-state index contributed by atoms with van der Waals surface area (Å²) in [5, 5.41) is 7.96. The third kappa shape index (κ3) is 2.73. The molecule has 27 heavy (non-hydrogen) atoms. The second-order valence-corrected chi connectivity index (χ2v) is 7.59. The molecule has 2 aromatic carbocycles. The van der Waals surface area contributed by atoms with Gasteiger partial charge in [0.2, 0.25) is 0 Å². The van der Waals surface area contributed by atoms with Crippen molar-refractivity contribution in [3.8, 4) is 0 Å². The molecule has 5 rings (SSSR count). The monoisotopic (exact) mass is 361 g/mol. The summed E-state index contributed by atoms with van der Waals surface area (Å²) in [4.78, 5) is 15.5. The first-order valence-electron chi connectivity index (χ1n) is 9.69. The van der Waals surface area contributed by atoms with Crippen LogP contribution in [-0.2, 0) is 10.3 Å². The first-order valence-corrected chi connectivity index (χ1v) is 9.69. The minimum absolute atomic E-state index is 0.107. The summed E-state index contributed by atoms with van der Waals surface area (Å²) in [6.07, 6.45) is 5.42. The zero-order chi connectivity index (χ0) is 18.3. The highest BCUT2D eigenvalue weighted by Crippen LogP contribution is 2.43. The second kappa shape index (κ2) is 6.50. The number of amides is 1. The summed E-state index contributed by atoms with van der Waals surface area (Å²) < 4.78 is 6.39. The molecule has 3 heterocycles. The zero-order valence-corrected chi connectivity index (χ0v) is 15.2. The van der Waals surface area contributed by atoms with Crippen molar-refractivity contribution < 1.29 is 9.53 Å². The van der Waals surface area contributed by atoms with Crippen LogP contribution in [0.1, 0.15) is 41.6 Å². The summed E-state index contributed by atoms with van der Waals surface area (Å²) in [5.74, 6) is 0.107. The molecule has 2 fully saturated rings. The van der Waals surface area contributed by atoms with E-state index in [1.54, 1.807) is 6.20 Å². The van der Waals surface area contributed by atoms with Gasteiger partial charge in [0.15, 0.2) is 0 Å². The van der Waals surface area contributed by atoms with Crippen LogP contribution < -0.4 is 0 Å². The van der Waals surface area contributed by atoms with Gasteiger partial charge in [-0.05, 0) is 37.0 Å². The number of H-pyrrole nitrogens is 1. The van der Waals surface area contributed by atoms with Crippen molar-refractivity contribution in [3.63, 3.8) is 0 Å². The number of hydrogen-bond acceptors (Lipinski definition) is 3. The van der Waals surface area contributed by atoms with Gasteiger partial charge in [0.25, 0.3) is 5.91 Å². The Morgan fingerprint density at radius 3 is 2.96 bits per heavy atom. The maximum atomic E-state index is 13.4. The molecule has 0 radical (unpaired) electrons. The Morgan fingerprint density at radius 1 is 1.19 bits per heavy atom. The molecule has 5 heteroatoms. The molecule has 1 aromatic heterocycles. The Morgan fingerprint density at radius 2 is 2.07 bits per heavy atom. The number of carbonyl (C=O) groups excluding carboxylic acids is 1. The van der Waals surface area contributed by atoms with Gasteiger partial charge in [0.05, 0.1) is 22.9 Å². The molecule has 0 spiro atoms. The van der Waals surface area contributed by atoms with E-state index in [9.17, 15) is 4.79 Å². The van der Waals surface area contributed by atoms with Gasteiger partial charge in [0.1, 0.15) is 0 Å². The van der Waals surface area contributed by atoms with Crippen molar-refractivity contribution in [2.45, 2.75) is 37.3 Å². The predicted molar refractivity (Wildman–Crippen MR) is 103 cm³/mol. The molecule has 2 aliphatic rings. The lowest BCUT2D eigenvalue weighted by atomic mass is 9.80. The van der Waals surface area contributed by atoms with Crippen LogP contribution in [-0.4, -0.2) is 40.2 Å². The van der Waals surface area contributed by atoms with Crippen molar-refractivity contribution in [3.05, 3.63) is 65.9 Å². The standard InChI is InChI=1S/C22H23N3O2/c26-21(18-9-4-10-20-19(18)15-23-24-20)25-12-11-22(16-6-2-1-3-7-16)14-17(25)8-5-13-27-22/h1-4,6-7,9-10,15,17H,5,8,11-14H2,(H,23,24)/t17-,22?/m0/s1. The molecule has 5 nitrogen and oxygen atoms in total. The van der Waals surface area contributed by atoms with E-state index in [2.05, 4.69) is 39.4 Å². The summed E-state index contributed by atoms with van der Waals surface area (Å²) >= 11 is 0. The number of benzene rings is 2. The van der Waals surface area contributed by atoms with E-state index in [1.165, 1.54) is 5.56 Å². The van der Waals surface area contributed by atoms with Crippen molar-refractivity contribution >= 4 is 16.8 Å². The van der Waals surface area contributed by atoms with Gasteiger partial charge >= 0.3 is 0 Å². The fraction of sp³-hybridized carbons (Fsp3) is 0.364.